The van der Waals surface area contributed by atoms with Crippen LogP contribution >= 0.6 is 11.6 Å². The third-order valence-electron chi connectivity index (χ3n) is 2.75. The molecule has 7 heteroatoms. The summed E-state index contributed by atoms with van der Waals surface area (Å²) >= 11 is 5.77. The summed E-state index contributed by atoms with van der Waals surface area (Å²) in [4.78, 5) is 2.08. The van der Waals surface area contributed by atoms with E-state index in [4.69, 9.17) is 17.3 Å². The number of anilines is 1. The second-order valence-corrected chi connectivity index (χ2v) is 8.08. The first kappa shape index (κ1) is 17.2. The Morgan fingerprint density at radius 3 is 2.45 bits per heavy atom. The van der Waals surface area contributed by atoms with Crippen LogP contribution in [-0.2, 0) is 10.0 Å². The van der Waals surface area contributed by atoms with Crippen molar-refractivity contribution in [1.29, 1.82) is 0 Å². The van der Waals surface area contributed by atoms with Crippen molar-refractivity contribution in [2.24, 2.45) is 5.41 Å². The molecule has 1 aromatic rings. The summed E-state index contributed by atoms with van der Waals surface area (Å²) in [7, 11) is 0.275. The third-order valence-corrected chi connectivity index (χ3v) is 4.46. The molecular formula is C13H22ClN3O2S. The van der Waals surface area contributed by atoms with E-state index >= 15 is 0 Å². The molecule has 3 N–H and O–H groups in total. The van der Waals surface area contributed by atoms with Gasteiger partial charge in [-0.15, -0.1) is 0 Å². The van der Waals surface area contributed by atoms with Crippen LogP contribution in [0.25, 0.3) is 0 Å². The first-order valence-electron chi connectivity index (χ1n) is 6.23. The van der Waals surface area contributed by atoms with Crippen molar-refractivity contribution < 1.29 is 8.42 Å². The second kappa shape index (κ2) is 6.30. The van der Waals surface area contributed by atoms with E-state index in [0.29, 0.717) is 11.6 Å². The van der Waals surface area contributed by atoms with Gasteiger partial charge in [-0.2, -0.15) is 0 Å². The lowest BCUT2D eigenvalue weighted by molar-refractivity contribution is 0.242. The zero-order valence-electron chi connectivity index (χ0n) is 12.3. The van der Waals surface area contributed by atoms with E-state index in [2.05, 4.69) is 4.72 Å². The van der Waals surface area contributed by atoms with Gasteiger partial charge in [0.1, 0.15) is 4.90 Å². The van der Waals surface area contributed by atoms with Gasteiger partial charge in [0, 0.05) is 18.1 Å². The minimum Gasteiger partial charge on any atom is -0.398 e. The van der Waals surface area contributed by atoms with Gasteiger partial charge in [0.05, 0.1) is 5.69 Å². The Hall–Kier alpha value is -0.820. The molecule has 1 aromatic carbocycles. The fourth-order valence-electron chi connectivity index (χ4n) is 2.04. The molecule has 0 fully saturated rings. The quantitative estimate of drug-likeness (QED) is 0.784. The number of rotatable bonds is 6. The monoisotopic (exact) mass is 319 g/mol. The highest BCUT2D eigenvalue weighted by Crippen LogP contribution is 2.23. The zero-order valence-corrected chi connectivity index (χ0v) is 13.8. The van der Waals surface area contributed by atoms with Gasteiger partial charge in [-0.05, 0) is 37.7 Å². The Balaban J connectivity index is 2.85. The molecule has 0 amide bonds. The van der Waals surface area contributed by atoms with Gasteiger partial charge < -0.3 is 10.6 Å². The number of nitrogen functional groups attached to an aromatic ring is 1. The first-order chi connectivity index (χ1) is 9.03. The van der Waals surface area contributed by atoms with Crippen molar-refractivity contribution in [2.45, 2.75) is 18.7 Å². The highest BCUT2D eigenvalue weighted by Gasteiger charge is 2.24. The van der Waals surface area contributed by atoms with Crippen LogP contribution in [0, 0.1) is 5.41 Å². The molecule has 0 heterocycles. The molecule has 114 valence electrons. The number of nitrogens with zero attached hydrogens (tertiary/aromatic N) is 1. The fourth-order valence-corrected chi connectivity index (χ4v) is 3.58. The molecule has 0 aliphatic heterocycles. The molecule has 0 aliphatic carbocycles. The lowest BCUT2D eigenvalue weighted by Crippen LogP contribution is -2.40. The third kappa shape index (κ3) is 4.94. The summed E-state index contributed by atoms with van der Waals surface area (Å²) in [5.41, 5.74) is 5.68. The van der Waals surface area contributed by atoms with E-state index in [1.165, 1.54) is 18.2 Å². The van der Waals surface area contributed by atoms with Crippen molar-refractivity contribution in [3.05, 3.63) is 23.2 Å². The molecule has 0 aliphatic rings. The Kier molecular flexibility index (Phi) is 5.43. The van der Waals surface area contributed by atoms with Crippen LogP contribution in [0.2, 0.25) is 5.02 Å². The average molecular weight is 320 g/mol. The van der Waals surface area contributed by atoms with Gasteiger partial charge in [0.15, 0.2) is 0 Å². The van der Waals surface area contributed by atoms with Crippen LogP contribution in [-0.4, -0.2) is 40.5 Å². The van der Waals surface area contributed by atoms with Crippen LogP contribution in [0.15, 0.2) is 23.1 Å². The van der Waals surface area contributed by atoms with E-state index in [0.717, 1.165) is 6.54 Å². The van der Waals surface area contributed by atoms with Crippen molar-refractivity contribution in [3.63, 3.8) is 0 Å². The topological polar surface area (TPSA) is 75.4 Å². The lowest BCUT2D eigenvalue weighted by atomic mass is 9.93. The maximum Gasteiger partial charge on any atom is 0.242 e. The normalized spacial score (nSPS) is 12.9. The van der Waals surface area contributed by atoms with Crippen molar-refractivity contribution in [3.8, 4) is 0 Å². The summed E-state index contributed by atoms with van der Waals surface area (Å²) in [6.07, 6.45) is 0. The molecule has 0 spiro atoms. The van der Waals surface area contributed by atoms with Crippen molar-refractivity contribution in [2.75, 3.05) is 32.9 Å². The van der Waals surface area contributed by atoms with E-state index < -0.39 is 10.0 Å². The molecular weight excluding hydrogens is 298 g/mol. The largest absolute Gasteiger partial charge is 0.398 e. The Bertz CT molecular complexity index is 571. The summed E-state index contributed by atoms with van der Waals surface area (Å²) in [6.45, 7) is 5.10. The second-order valence-electron chi connectivity index (χ2n) is 5.91. The van der Waals surface area contributed by atoms with E-state index in [1.54, 1.807) is 0 Å². The van der Waals surface area contributed by atoms with Gasteiger partial charge in [-0.3, -0.25) is 0 Å². The maximum atomic E-state index is 12.2. The number of sulfonamides is 1. The predicted octanol–water partition coefficient (Wildman–Crippen LogP) is 1.79. The first-order valence-corrected chi connectivity index (χ1v) is 8.09. The maximum absolute atomic E-state index is 12.2. The minimum absolute atomic E-state index is 0.0579. The molecule has 0 aromatic heterocycles. The predicted molar refractivity (Wildman–Crippen MR) is 83.4 cm³/mol. The fraction of sp³-hybridized carbons (Fsp3) is 0.538. The van der Waals surface area contributed by atoms with E-state index in [-0.39, 0.29) is 16.0 Å². The standard InChI is InChI=1S/C13H22ClN3O2S/c1-13(2,9-17(3)4)8-16-20(18,19)12-6-5-10(14)7-11(12)15/h5-7,16H,8-9,15H2,1-4H3. The van der Waals surface area contributed by atoms with Gasteiger partial charge >= 0.3 is 0 Å². The highest BCUT2D eigenvalue weighted by molar-refractivity contribution is 7.89. The zero-order chi connectivity index (χ0) is 15.6. The minimum atomic E-state index is -3.63. The number of benzene rings is 1. The molecule has 1 rings (SSSR count). The molecule has 0 saturated carbocycles. The van der Waals surface area contributed by atoms with Crippen LogP contribution in [0.5, 0.6) is 0 Å². The van der Waals surface area contributed by atoms with Crippen LogP contribution < -0.4 is 10.5 Å². The van der Waals surface area contributed by atoms with Gasteiger partial charge in [0.25, 0.3) is 0 Å². The summed E-state index contributed by atoms with van der Waals surface area (Å²) < 4.78 is 27.1. The molecule has 0 radical (unpaired) electrons. The van der Waals surface area contributed by atoms with Gasteiger partial charge in [-0.25, -0.2) is 13.1 Å². The highest BCUT2D eigenvalue weighted by atomic mass is 35.5. The molecule has 0 unspecified atom stereocenters. The number of halogens is 1. The van der Waals surface area contributed by atoms with Crippen molar-refractivity contribution >= 4 is 27.3 Å². The molecule has 20 heavy (non-hydrogen) atoms. The molecule has 5 nitrogen and oxygen atoms in total. The SMILES string of the molecule is CN(C)CC(C)(C)CNS(=O)(=O)c1ccc(Cl)cc1N. The summed E-state index contributed by atoms with van der Waals surface area (Å²) in [5.74, 6) is 0. The van der Waals surface area contributed by atoms with Crippen LogP contribution in [0.4, 0.5) is 5.69 Å². The van der Waals surface area contributed by atoms with Crippen molar-refractivity contribution in [1.82, 2.24) is 9.62 Å². The Morgan fingerprint density at radius 2 is 1.95 bits per heavy atom. The Morgan fingerprint density at radius 1 is 1.35 bits per heavy atom. The van der Waals surface area contributed by atoms with Gasteiger partial charge in [0.2, 0.25) is 10.0 Å². The Labute approximate surface area is 126 Å². The number of hydrogen-bond donors (Lipinski definition) is 2. The smallest absolute Gasteiger partial charge is 0.242 e. The van der Waals surface area contributed by atoms with Gasteiger partial charge in [-0.1, -0.05) is 25.4 Å². The van der Waals surface area contributed by atoms with Crippen LogP contribution in [0.1, 0.15) is 13.8 Å². The lowest BCUT2D eigenvalue weighted by Gasteiger charge is -2.28. The van der Waals surface area contributed by atoms with E-state index in [1.807, 2.05) is 32.8 Å². The molecule has 0 bridgehead atoms. The average Bonchev–Trinajstić information content (AvgIpc) is 2.24. The summed E-state index contributed by atoms with van der Waals surface area (Å²) in [5, 5.41) is 0.411. The molecule has 0 saturated heterocycles. The van der Waals surface area contributed by atoms with E-state index in [9.17, 15) is 8.42 Å². The van der Waals surface area contributed by atoms with Crippen LogP contribution in [0.3, 0.4) is 0 Å². The number of hydrogen-bond acceptors (Lipinski definition) is 4. The summed E-state index contributed by atoms with van der Waals surface area (Å²) in [6, 6.07) is 4.36. The molecule has 0 atom stereocenters. The number of nitrogens with two attached hydrogens (primary N) is 1. The number of nitrogens with one attached hydrogen (secondary N) is 1.